The molecule has 0 fully saturated rings. The summed E-state index contributed by atoms with van der Waals surface area (Å²) in [7, 11) is 0. The Hall–Kier alpha value is -2.83. The minimum atomic E-state index is -4.51. The fourth-order valence-electron chi connectivity index (χ4n) is 2.75. The third-order valence-electron chi connectivity index (χ3n) is 3.92. The Labute approximate surface area is 142 Å². The number of amides is 1. The zero-order valence-corrected chi connectivity index (χ0v) is 13.5. The van der Waals surface area contributed by atoms with Crippen LogP contribution in [0.5, 0.6) is 0 Å². The van der Waals surface area contributed by atoms with Gasteiger partial charge in [-0.1, -0.05) is 18.2 Å². The molecule has 0 radical (unpaired) electrons. The molecule has 0 aliphatic heterocycles. The van der Waals surface area contributed by atoms with Gasteiger partial charge in [0, 0.05) is 18.3 Å². The third-order valence-corrected chi connectivity index (χ3v) is 3.92. The predicted molar refractivity (Wildman–Crippen MR) is 88.3 cm³/mol. The molecule has 3 aromatic rings. The van der Waals surface area contributed by atoms with Crippen molar-refractivity contribution in [1.82, 2.24) is 9.38 Å². The summed E-state index contributed by atoms with van der Waals surface area (Å²) in [4.78, 5) is 16.5. The van der Waals surface area contributed by atoms with Crippen molar-refractivity contribution in [3.8, 4) is 0 Å². The SMILES string of the molecule is Cc1nc2ccccn2c1CCC(=O)Nc1ccccc1C(F)(F)F. The smallest absolute Gasteiger partial charge is 0.325 e. The van der Waals surface area contributed by atoms with Crippen molar-refractivity contribution < 1.29 is 18.0 Å². The van der Waals surface area contributed by atoms with Gasteiger partial charge in [-0.25, -0.2) is 4.98 Å². The van der Waals surface area contributed by atoms with E-state index in [2.05, 4.69) is 10.3 Å². The molecule has 2 heterocycles. The normalized spacial score (nSPS) is 11.7. The molecule has 3 rings (SSSR count). The molecule has 25 heavy (non-hydrogen) atoms. The Morgan fingerprint density at radius 2 is 1.88 bits per heavy atom. The predicted octanol–water partition coefficient (Wildman–Crippen LogP) is 4.23. The molecule has 0 atom stereocenters. The molecular formula is C18H16F3N3O. The first-order chi connectivity index (χ1) is 11.9. The lowest BCUT2D eigenvalue weighted by atomic mass is 10.1. The minimum Gasteiger partial charge on any atom is -0.325 e. The van der Waals surface area contributed by atoms with E-state index in [9.17, 15) is 18.0 Å². The second-order valence-corrected chi connectivity index (χ2v) is 5.66. The maximum atomic E-state index is 13.0. The number of imidazole rings is 1. The van der Waals surface area contributed by atoms with Gasteiger partial charge < -0.3 is 9.72 Å². The van der Waals surface area contributed by atoms with E-state index >= 15 is 0 Å². The van der Waals surface area contributed by atoms with Gasteiger partial charge in [0.15, 0.2) is 0 Å². The number of carbonyl (C=O) groups is 1. The van der Waals surface area contributed by atoms with Gasteiger partial charge >= 0.3 is 6.18 Å². The van der Waals surface area contributed by atoms with E-state index in [1.807, 2.05) is 35.7 Å². The van der Waals surface area contributed by atoms with Gasteiger partial charge in [-0.2, -0.15) is 13.2 Å². The van der Waals surface area contributed by atoms with Crippen molar-refractivity contribution >= 4 is 17.2 Å². The fraction of sp³-hybridized carbons (Fsp3) is 0.222. The van der Waals surface area contributed by atoms with Crippen LogP contribution in [0.3, 0.4) is 0 Å². The van der Waals surface area contributed by atoms with Gasteiger partial charge in [-0.15, -0.1) is 0 Å². The van der Waals surface area contributed by atoms with E-state index in [0.717, 1.165) is 23.1 Å². The van der Waals surface area contributed by atoms with Crippen LogP contribution in [0.15, 0.2) is 48.7 Å². The number of fused-ring (bicyclic) bond motifs is 1. The Morgan fingerprint density at radius 1 is 1.16 bits per heavy atom. The number of hydrogen-bond donors (Lipinski definition) is 1. The van der Waals surface area contributed by atoms with Crippen molar-refractivity contribution in [3.63, 3.8) is 0 Å². The van der Waals surface area contributed by atoms with E-state index in [0.29, 0.717) is 6.42 Å². The number of alkyl halides is 3. The van der Waals surface area contributed by atoms with Gasteiger partial charge in [0.05, 0.1) is 16.9 Å². The lowest BCUT2D eigenvalue weighted by molar-refractivity contribution is -0.137. The molecule has 0 bridgehead atoms. The van der Waals surface area contributed by atoms with Crippen LogP contribution in [0.25, 0.3) is 5.65 Å². The lowest BCUT2D eigenvalue weighted by Gasteiger charge is -2.13. The topological polar surface area (TPSA) is 46.4 Å². The molecule has 1 N–H and O–H groups in total. The number of para-hydroxylation sites is 1. The number of hydrogen-bond acceptors (Lipinski definition) is 2. The fourth-order valence-corrected chi connectivity index (χ4v) is 2.75. The van der Waals surface area contributed by atoms with Gasteiger partial charge in [-0.05, 0) is 37.6 Å². The Kier molecular flexibility index (Phi) is 4.48. The summed E-state index contributed by atoms with van der Waals surface area (Å²) in [6, 6.07) is 10.5. The molecule has 0 saturated heterocycles. The largest absolute Gasteiger partial charge is 0.418 e. The number of anilines is 1. The average molecular weight is 347 g/mol. The lowest BCUT2D eigenvalue weighted by Crippen LogP contribution is -2.17. The van der Waals surface area contributed by atoms with Crippen LogP contribution < -0.4 is 5.32 Å². The van der Waals surface area contributed by atoms with Crippen LogP contribution in [0.1, 0.15) is 23.4 Å². The number of nitrogens with zero attached hydrogens (tertiary/aromatic N) is 2. The third kappa shape index (κ3) is 3.65. The number of carbonyl (C=O) groups excluding carboxylic acids is 1. The first kappa shape index (κ1) is 17.0. The summed E-state index contributed by atoms with van der Waals surface area (Å²) in [6.45, 7) is 1.85. The minimum absolute atomic E-state index is 0.0652. The number of aromatic nitrogens is 2. The standard InChI is InChI=1S/C18H16F3N3O/c1-12-15(24-11-5-4-8-16(24)22-12)9-10-17(25)23-14-7-3-2-6-13(14)18(19,20)21/h2-8,11H,9-10H2,1H3,(H,23,25). The van der Waals surface area contributed by atoms with E-state index in [4.69, 9.17) is 0 Å². The van der Waals surface area contributed by atoms with Crippen molar-refractivity contribution in [2.24, 2.45) is 0 Å². The van der Waals surface area contributed by atoms with Crippen LogP contribution in [0, 0.1) is 6.92 Å². The molecule has 7 heteroatoms. The first-order valence-corrected chi connectivity index (χ1v) is 7.75. The molecule has 1 amide bonds. The maximum absolute atomic E-state index is 13.0. The highest BCUT2D eigenvalue weighted by Gasteiger charge is 2.33. The second-order valence-electron chi connectivity index (χ2n) is 5.66. The summed E-state index contributed by atoms with van der Waals surface area (Å²) >= 11 is 0. The molecular weight excluding hydrogens is 331 g/mol. The number of benzene rings is 1. The van der Waals surface area contributed by atoms with Crippen molar-refractivity contribution in [2.75, 3.05) is 5.32 Å². The van der Waals surface area contributed by atoms with Crippen molar-refractivity contribution in [3.05, 3.63) is 65.6 Å². The van der Waals surface area contributed by atoms with Crippen LogP contribution >= 0.6 is 0 Å². The molecule has 130 valence electrons. The Bertz CT molecular complexity index is 915. The van der Waals surface area contributed by atoms with E-state index in [1.54, 1.807) is 0 Å². The highest BCUT2D eigenvalue weighted by atomic mass is 19.4. The van der Waals surface area contributed by atoms with E-state index < -0.39 is 17.6 Å². The van der Waals surface area contributed by atoms with E-state index in [-0.39, 0.29) is 12.1 Å². The van der Waals surface area contributed by atoms with Crippen LogP contribution in [0.2, 0.25) is 0 Å². The zero-order chi connectivity index (χ0) is 18.0. The quantitative estimate of drug-likeness (QED) is 0.768. The Morgan fingerprint density at radius 3 is 2.64 bits per heavy atom. The number of nitrogens with one attached hydrogen (secondary N) is 1. The monoisotopic (exact) mass is 347 g/mol. The van der Waals surface area contributed by atoms with Gasteiger partial charge in [-0.3, -0.25) is 4.79 Å². The number of halogens is 3. The summed E-state index contributed by atoms with van der Waals surface area (Å²) in [6.07, 6.45) is -2.21. The Balaban J connectivity index is 1.73. The molecule has 1 aromatic carbocycles. The number of aryl methyl sites for hydroxylation is 2. The molecule has 2 aromatic heterocycles. The maximum Gasteiger partial charge on any atom is 0.418 e. The summed E-state index contributed by atoms with van der Waals surface area (Å²) in [5.41, 5.74) is 1.37. The molecule has 0 spiro atoms. The van der Waals surface area contributed by atoms with Gasteiger partial charge in [0.2, 0.25) is 5.91 Å². The van der Waals surface area contributed by atoms with Crippen molar-refractivity contribution in [2.45, 2.75) is 25.9 Å². The van der Waals surface area contributed by atoms with Crippen LogP contribution in [0.4, 0.5) is 18.9 Å². The second kappa shape index (κ2) is 6.58. The molecule has 0 aliphatic rings. The van der Waals surface area contributed by atoms with Crippen LogP contribution in [-0.2, 0) is 17.4 Å². The molecule has 4 nitrogen and oxygen atoms in total. The van der Waals surface area contributed by atoms with Crippen LogP contribution in [-0.4, -0.2) is 15.3 Å². The average Bonchev–Trinajstić information content (AvgIpc) is 2.87. The zero-order valence-electron chi connectivity index (χ0n) is 13.5. The van der Waals surface area contributed by atoms with Gasteiger partial charge in [0.1, 0.15) is 5.65 Å². The highest BCUT2D eigenvalue weighted by Crippen LogP contribution is 2.34. The summed E-state index contributed by atoms with van der Waals surface area (Å²) in [5, 5.41) is 2.36. The van der Waals surface area contributed by atoms with E-state index in [1.165, 1.54) is 18.2 Å². The molecule has 0 saturated carbocycles. The molecule has 0 aliphatic carbocycles. The summed E-state index contributed by atoms with van der Waals surface area (Å²) in [5.74, 6) is -0.470. The summed E-state index contributed by atoms with van der Waals surface area (Å²) < 4.78 is 40.8. The number of pyridine rings is 1. The first-order valence-electron chi connectivity index (χ1n) is 7.75. The number of rotatable bonds is 4. The van der Waals surface area contributed by atoms with Crippen molar-refractivity contribution in [1.29, 1.82) is 0 Å². The van der Waals surface area contributed by atoms with Gasteiger partial charge in [0.25, 0.3) is 0 Å². The highest BCUT2D eigenvalue weighted by molar-refractivity contribution is 5.91. The molecule has 0 unspecified atom stereocenters.